The molecule has 0 saturated heterocycles. The number of hydrogen-bond acceptors (Lipinski definition) is 4. The van der Waals surface area contributed by atoms with E-state index in [4.69, 9.17) is 4.74 Å². The van der Waals surface area contributed by atoms with E-state index < -0.39 is 0 Å². The summed E-state index contributed by atoms with van der Waals surface area (Å²) in [7, 11) is 1.67. The Morgan fingerprint density at radius 3 is 2.50 bits per heavy atom. The average Bonchev–Trinajstić information content (AvgIpc) is 3.41. The largest absolute Gasteiger partial charge is 0.497 e. The third-order valence-electron chi connectivity index (χ3n) is 4.74. The van der Waals surface area contributed by atoms with Crippen LogP contribution in [0.1, 0.15) is 16.7 Å². The van der Waals surface area contributed by atoms with Gasteiger partial charge in [0.05, 0.1) is 25.5 Å². The number of aromatic nitrogens is 4. The normalized spacial score (nSPS) is 10.9. The van der Waals surface area contributed by atoms with Crippen LogP contribution in [0, 0.1) is 0 Å². The highest BCUT2D eigenvalue weighted by Gasteiger charge is 2.09. The van der Waals surface area contributed by atoms with Gasteiger partial charge in [0.2, 0.25) is 0 Å². The smallest absolute Gasteiger partial charge is 0.118 e. The lowest BCUT2D eigenvalue weighted by atomic mass is 10.1. The highest BCUT2D eigenvalue weighted by Crippen LogP contribution is 2.23. The first-order chi connectivity index (χ1) is 13.8. The molecule has 28 heavy (non-hydrogen) atoms. The van der Waals surface area contributed by atoms with Gasteiger partial charge in [0, 0.05) is 36.6 Å². The Morgan fingerprint density at radius 1 is 0.964 bits per heavy atom. The van der Waals surface area contributed by atoms with Crippen molar-refractivity contribution >= 4 is 0 Å². The van der Waals surface area contributed by atoms with Gasteiger partial charge in [-0.2, -0.15) is 10.2 Å². The number of nitrogens with one attached hydrogen (secondary N) is 2. The summed E-state index contributed by atoms with van der Waals surface area (Å²) in [6, 6.07) is 18.4. The van der Waals surface area contributed by atoms with Gasteiger partial charge in [-0.25, -0.2) is 0 Å². The van der Waals surface area contributed by atoms with Crippen LogP contribution in [0.2, 0.25) is 0 Å². The maximum atomic E-state index is 5.23. The zero-order valence-electron chi connectivity index (χ0n) is 15.8. The molecule has 2 aromatic heterocycles. The topological polar surface area (TPSA) is 67.8 Å². The van der Waals surface area contributed by atoms with Gasteiger partial charge in [-0.15, -0.1) is 0 Å². The molecule has 4 aromatic rings. The van der Waals surface area contributed by atoms with Gasteiger partial charge in [-0.3, -0.25) is 9.78 Å². The van der Waals surface area contributed by atoms with E-state index in [9.17, 15) is 0 Å². The summed E-state index contributed by atoms with van der Waals surface area (Å²) in [6.07, 6.45) is 5.67. The monoisotopic (exact) mass is 373 g/mol. The van der Waals surface area contributed by atoms with Crippen LogP contribution in [-0.2, 0) is 19.6 Å². The number of nitrogens with zero attached hydrogens (tertiary/aromatic N) is 3. The van der Waals surface area contributed by atoms with E-state index in [1.165, 1.54) is 11.1 Å². The summed E-state index contributed by atoms with van der Waals surface area (Å²) in [5.41, 5.74) is 5.79. The third kappa shape index (κ3) is 4.13. The van der Waals surface area contributed by atoms with Gasteiger partial charge in [0.1, 0.15) is 5.75 Å². The molecule has 0 aliphatic heterocycles. The van der Waals surface area contributed by atoms with Gasteiger partial charge in [-0.05, 0) is 41.5 Å². The molecule has 0 aliphatic rings. The Bertz CT molecular complexity index is 1010. The zero-order chi connectivity index (χ0) is 19.2. The van der Waals surface area contributed by atoms with Crippen LogP contribution in [0.25, 0.3) is 11.3 Å². The lowest BCUT2D eigenvalue weighted by Gasteiger charge is -2.11. The SMILES string of the molecule is COc1ccc(-c2[nH]ncc2CNCc2ccccc2Cn2cccn2)cc1. The van der Waals surface area contributed by atoms with Crippen molar-refractivity contribution in [3.05, 3.63) is 89.9 Å². The summed E-state index contributed by atoms with van der Waals surface area (Å²) in [6.45, 7) is 2.28. The first kappa shape index (κ1) is 18.0. The van der Waals surface area contributed by atoms with Crippen molar-refractivity contribution in [2.75, 3.05) is 7.11 Å². The highest BCUT2D eigenvalue weighted by atomic mass is 16.5. The molecule has 0 atom stereocenters. The molecule has 0 aliphatic carbocycles. The number of ether oxygens (including phenoxy) is 1. The second-order valence-electron chi connectivity index (χ2n) is 6.57. The first-order valence-electron chi connectivity index (χ1n) is 9.25. The highest BCUT2D eigenvalue weighted by molar-refractivity contribution is 5.63. The first-order valence-corrected chi connectivity index (χ1v) is 9.25. The second-order valence-corrected chi connectivity index (χ2v) is 6.57. The molecule has 2 heterocycles. The average molecular weight is 373 g/mol. The molecule has 0 radical (unpaired) electrons. The fraction of sp³-hybridized carbons (Fsp3) is 0.182. The molecule has 2 N–H and O–H groups in total. The molecular formula is C22H23N5O. The van der Waals surface area contributed by atoms with E-state index in [1.54, 1.807) is 13.3 Å². The molecule has 142 valence electrons. The molecule has 0 bridgehead atoms. The molecule has 0 unspecified atom stereocenters. The van der Waals surface area contributed by atoms with Crippen LogP contribution in [0.3, 0.4) is 0 Å². The van der Waals surface area contributed by atoms with E-state index >= 15 is 0 Å². The fourth-order valence-corrected chi connectivity index (χ4v) is 3.24. The molecule has 6 nitrogen and oxygen atoms in total. The summed E-state index contributed by atoms with van der Waals surface area (Å²) >= 11 is 0. The predicted octanol–water partition coefficient (Wildman–Crippen LogP) is 3.62. The Kier molecular flexibility index (Phi) is 5.49. The predicted molar refractivity (Wildman–Crippen MR) is 109 cm³/mol. The summed E-state index contributed by atoms with van der Waals surface area (Å²) in [5, 5.41) is 15.2. The minimum absolute atomic E-state index is 0.730. The fourth-order valence-electron chi connectivity index (χ4n) is 3.24. The van der Waals surface area contributed by atoms with Gasteiger partial charge in [-0.1, -0.05) is 24.3 Å². The minimum Gasteiger partial charge on any atom is -0.497 e. The van der Waals surface area contributed by atoms with Crippen molar-refractivity contribution in [3.63, 3.8) is 0 Å². The number of rotatable bonds is 8. The van der Waals surface area contributed by atoms with Crippen LogP contribution < -0.4 is 10.1 Å². The van der Waals surface area contributed by atoms with E-state index in [-0.39, 0.29) is 0 Å². The molecular weight excluding hydrogens is 350 g/mol. The Hall–Kier alpha value is -3.38. The number of methoxy groups -OCH3 is 1. The Labute approximate surface area is 164 Å². The molecule has 0 spiro atoms. The number of aromatic amines is 1. The Balaban J connectivity index is 1.42. The van der Waals surface area contributed by atoms with Crippen LogP contribution in [0.4, 0.5) is 0 Å². The van der Waals surface area contributed by atoms with E-state index in [2.05, 4.69) is 44.9 Å². The molecule has 0 amide bonds. The quantitative estimate of drug-likeness (QED) is 0.495. The summed E-state index contributed by atoms with van der Waals surface area (Å²) < 4.78 is 7.18. The third-order valence-corrected chi connectivity index (χ3v) is 4.74. The standard InChI is InChI=1S/C22H23N5O/c1-28-21-9-7-17(8-10-21)22-20(15-24-26-22)14-23-13-18-5-2-3-6-19(18)16-27-12-4-11-25-27/h2-12,15,23H,13-14,16H2,1H3,(H,24,26). The number of benzene rings is 2. The van der Waals surface area contributed by atoms with Crippen LogP contribution >= 0.6 is 0 Å². The lowest BCUT2D eigenvalue weighted by molar-refractivity contribution is 0.415. The van der Waals surface area contributed by atoms with Gasteiger partial charge in [0.15, 0.2) is 0 Å². The second kappa shape index (κ2) is 8.54. The van der Waals surface area contributed by atoms with Gasteiger partial charge >= 0.3 is 0 Å². The van der Waals surface area contributed by atoms with Crippen molar-refractivity contribution in [1.29, 1.82) is 0 Å². The van der Waals surface area contributed by atoms with Crippen LogP contribution in [0.15, 0.2) is 73.2 Å². The van der Waals surface area contributed by atoms with E-state index in [0.29, 0.717) is 0 Å². The maximum Gasteiger partial charge on any atom is 0.118 e. The molecule has 2 aromatic carbocycles. The molecule has 0 saturated carbocycles. The van der Waals surface area contributed by atoms with Crippen molar-refractivity contribution < 1.29 is 4.74 Å². The van der Waals surface area contributed by atoms with Crippen molar-refractivity contribution in [1.82, 2.24) is 25.3 Å². The molecule has 6 heteroatoms. The number of H-pyrrole nitrogens is 1. The van der Waals surface area contributed by atoms with Crippen LogP contribution in [-0.4, -0.2) is 27.1 Å². The zero-order valence-corrected chi connectivity index (χ0v) is 15.8. The number of hydrogen-bond donors (Lipinski definition) is 2. The van der Waals surface area contributed by atoms with E-state index in [0.717, 1.165) is 42.2 Å². The lowest BCUT2D eigenvalue weighted by Crippen LogP contribution is -2.15. The van der Waals surface area contributed by atoms with Crippen LogP contribution in [0.5, 0.6) is 5.75 Å². The Morgan fingerprint density at radius 2 is 1.75 bits per heavy atom. The maximum absolute atomic E-state index is 5.23. The van der Waals surface area contributed by atoms with Crippen molar-refractivity contribution in [2.24, 2.45) is 0 Å². The minimum atomic E-state index is 0.730. The summed E-state index contributed by atoms with van der Waals surface area (Å²) in [4.78, 5) is 0. The van der Waals surface area contributed by atoms with Gasteiger partial charge in [0.25, 0.3) is 0 Å². The van der Waals surface area contributed by atoms with Crippen molar-refractivity contribution in [3.8, 4) is 17.0 Å². The van der Waals surface area contributed by atoms with Gasteiger partial charge < -0.3 is 10.1 Å². The molecule has 4 rings (SSSR count). The summed E-state index contributed by atoms with van der Waals surface area (Å²) in [5.74, 6) is 0.844. The van der Waals surface area contributed by atoms with E-state index in [1.807, 2.05) is 47.4 Å². The van der Waals surface area contributed by atoms with Crippen molar-refractivity contribution in [2.45, 2.75) is 19.6 Å². The molecule has 0 fully saturated rings.